The summed E-state index contributed by atoms with van der Waals surface area (Å²) in [5.41, 5.74) is 2.87. The molecular weight excluding hydrogens is 253 g/mol. The smallest absolute Gasteiger partial charge is 0.132 e. The number of aryl methyl sites for hydroxylation is 1. The Morgan fingerprint density at radius 3 is 2.50 bits per heavy atom. The highest BCUT2D eigenvalue weighted by Gasteiger charge is 2.14. The van der Waals surface area contributed by atoms with Crippen LogP contribution in [0.15, 0.2) is 48.5 Å². The van der Waals surface area contributed by atoms with Crippen molar-refractivity contribution in [1.82, 2.24) is 0 Å². The Bertz CT molecular complexity index is 592. The molecule has 0 heterocycles. The van der Waals surface area contributed by atoms with Gasteiger partial charge in [-0.15, -0.1) is 0 Å². The van der Waals surface area contributed by atoms with E-state index in [-0.39, 0.29) is 17.6 Å². The number of benzene rings is 2. The van der Waals surface area contributed by atoms with Gasteiger partial charge < -0.3 is 5.32 Å². The molecule has 1 N–H and O–H groups in total. The average molecular weight is 271 g/mol. The van der Waals surface area contributed by atoms with Gasteiger partial charge in [-0.3, -0.25) is 4.79 Å². The summed E-state index contributed by atoms with van der Waals surface area (Å²) in [6, 6.07) is 14.1. The van der Waals surface area contributed by atoms with Gasteiger partial charge in [-0.2, -0.15) is 0 Å². The Kier molecular flexibility index (Phi) is 4.51. The number of hydrogen-bond acceptors (Lipinski definition) is 2. The third-order valence-corrected chi connectivity index (χ3v) is 3.14. The molecule has 0 aliphatic rings. The van der Waals surface area contributed by atoms with Gasteiger partial charge in [-0.1, -0.05) is 35.9 Å². The Morgan fingerprint density at radius 1 is 1.20 bits per heavy atom. The Labute approximate surface area is 118 Å². The van der Waals surface area contributed by atoms with Crippen molar-refractivity contribution < 1.29 is 9.18 Å². The van der Waals surface area contributed by atoms with Crippen LogP contribution in [0.3, 0.4) is 0 Å². The molecular formula is C17H18FNO. The predicted molar refractivity (Wildman–Crippen MR) is 79.2 cm³/mol. The SMILES string of the molecule is CC(=O)CC(Nc1cccc(F)c1)c1ccc(C)cc1. The molecule has 0 spiro atoms. The lowest BCUT2D eigenvalue weighted by atomic mass is 10.0. The molecule has 0 bridgehead atoms. The van der Waals surface area contributed by atoms with Crippen molar-refractivity contribution in [2.24, 2.45) is 0 Å². The highest BCUT2D eigenvalue weighted by Crippen LogP contribution is 2.23. The van der Waals surface area contributed by atoms with E-state index in [1.165, 1.54) is 17.7 Å². The third kappa shape index (κ3) is 3.92. The fraction of sp³-hybridized carbons (Fsp3) is 0.235. The number of hydrogen-bond donors (Lipinski definition) is 1. The summed E-state index contributed by atoms with van der Waals surface area (Å²) < 4.78 is 13.2. The summed E-state index contributed by atoms with van der Waals surface area (Å²) in [5, 5.41) is 3.23. The van der Waals surface area contributed by atoms with Crippen molar-refractivity contribution in [2.45, 2.75) is 26.3 Å². The number of nitrogens with one attached hydrogen (secondary N) is 1. The number of anilines is 1. The Balaban J connectivity index is 2.23. The van der Waals surface area contributed by atoms with Crippen molar-refractivity contribution >= 4 is 11.5 Å². The second kappa shape index (κ2) is 6.33. The summed E-state index contributed by atoms with van der Waals surface area (Å²) in [6.45, 7) is 3.58. The van der Waals surface area contributed by atoms with Gasteiger partial charge in [-0.25, -0.2) is 4.39 Å². The van der Waals surface area contributed by atoms with Gasteiger partial charge >= 0.3 is 0 Å². The van der Waals surface area contributed by atoms with Crippen molar-refractivity contribution in [3.8, 4) is 0 Å². The van der Waals surface area contributed by atoms with Crippen LogP contribution in [0.1, 0.15) is 30.5 Å². The second-order valence-electron chi connectivity index (χ2n) is 5.02. The van der Waals surface area contributed by atoms with E-state index in [1.807, 2.05) is 31.2 Å². The lowest BCUT2D eigenvalue weighted by Crippen LogP contribution is -2.14. The van der Waals surface area contributed by atoms with E-state index in [2.05, 4.69) is 5.32 Å². The van der Waals surface area contributed by atoms with Crippen LogP contribution < -0.4 is 5.32 Å². The van der Waals surface area contributed by atoms with E-state index in [9.17, 15) is 9.18 Å². The monoisotopic (exact) mass is 271 g/mol. The van der Waals surface area contributed by atoms with E-state index >= 15 is 0 Å². The number of Topliss-reactive ketones (excluding diaryl/α,β-unsaturated/α-hetero) is 1. The number of rotatable bonds is 5. The molecule has 104 valence electrons. The molecule has 0 radical (unpaired) electrons. The Hall–Kier alpha value is -2.16. The topological polar surface area (TPSA) is 29.1 Å². The van der Waals surface area contributed by atoms with Crippen LogP contribution in [0.25, 0.3) is 0 Å². The van der Waals surface area contributed by atoms with Crippen LogP contribution in [0.5, 0.6) is 0 Å². The fourth-order valence-corrected chi connectivity index (χ4v) is 2.12. The highest BCUT2D eigenvalue weighted by atomic mass is 19.1. The average Bonchev–Trinajstić information content (AvgIpc) is 2.38. The summed E-state index contributed by atoms with van der Waals surface area (Å²) in [7, 11) is 0. The molecule has 0 fully saturated rings. The van der Waals surface area contributed by atoms with E-state index in [0.717, 1.165) is 5.56 Å². The zero-order chi connectivity index (χ0) is 14.5. The van der Waals surface area contributed by atoms with Gasteiger partial charge in [0.15, 0.2) is 0 Å². The summed E-state index contributed by atoms with van der Waals surface area (Å²) in [4.78, 5) is 11.4. The standard InChI is InChI=1S/C17H18FNO/c1-12-6-8-14(9-7-12)17(10-13(2)20)19-16-5-3-4-15(18)11-16/h3-9,11,17,19H,10H2,1-2H3. The first kappa shape index (κ1) is 14.3. The van der Waals surface area contributed by atoms with Gasteiger partial charge in [0.05, 0.1) is 6.04 Å². The minimum Gasteiger partial charge on any atom is -0.378 e. The van der Waals surface area contributed by atoms with Crippen molar-refractivity contribution in [1.29, 1.82) is 0 Å². The molecule has 3 heteroatoms. The molecule has 0 aliphatic heterocycles. The maximum atomic E-state index is 13.2. The molecule has 2 aromatic carbocycles. The lowest BCUT2D eigenvalue weighted by Gasteiger charge is -2.19. The first-order valence-corrected chi connectivity index (χ1v) is 6.62. The number of carbonyl (C=O) groups is 1. The maximum absolute atomic E-state index is 13.2. The van der Waals surface area contributed by atoms with Crippen molar-refractivity contribution in [3.05, 3.63) is 65.5 Å². The highest BCUT2D eigenvalue weighted by molar-refractivity contribution is 5.77. The minimum atomic E-state index is -0.291. The van der Waals surface area contributed by atoms with Crippen molar-refractivity contribution in [2.75, 3.05) is 5.32 Å². The van der Waals surface area contributed by atoms with Gasteiger partial charge in [0.2, 0.25) is 0 Å². The molecule has 2 rings (SSSR count). The third-order valence-electron chi connectivity index (χ3n) is 3.14. The molecule has 2 aromatic rings. The molecule has 20 heavy (non-hydrogen) atoms. The predicted octanol–water partition coefficient (Wildman–Crippen LogP) is 4.27. The van der Waals surface area contributed by atoms with E-state index in [0.29, 0.717) is 12.1 Å². The molecule has 0 aromatic heterocycles. The summed E-state index contributed by atoms with van der Waals surface area (Å²) >= 11 is 0. The van der Waals surface area contributed by atoms with Gasteiger partial charge in [0, 0.05) is 12.1 Å². The molecule has 2 nitrogen and oxygen atoms in total. The maximum Gasteiger partial charge on any atom is 0.132 e. The zero-order valence-corrected chi connectivity index (χ0v) is 11.7. The van der Waals surface area contributed by atoms with Crippen LogP contribution in [0.2, 0.25) is 0 Å². The molecule has 1 unspecified atom stereocenters. The largest absolute Gasteiger partial charge is 0.378 e. The van der Waals surface area contributed by atoms with Crippen LogP contribution >= 0.6 is 0 Å². The van der Waals surface area contributed by atoms with Crippen molar-refractivity contribution in [3.63, 3.8) is 0 Å². The molecule has 1 atom stereocenters. The van der Waals surface area contributed by atoms with Crippen LogP contribution in [-0.4, -0.2) is 5.78 Å². The molecule has 0 aliphatic carbocycles. The zero-order valence-electron chi connectivity index (χ0n) is 11.7. The summed E-state index contributed by atoms with van der Waals surface area (Å²) in [5.74, 6) is -0.194. The van der Waals surface area contributed by atoms with E-state index < -0.39 is 0 Å². The van der Waals surface area contributed by atoms with Crippen LogP contribution in [-0.2, 0) is 4.79 Å². The minimum absolute atomic E-state index is 0.0967. The fourth-order valence-electron chi connectivity index (χ4n) is 2.12. The molecule has 0 saturated carbocycles. The van der Waals surface area contributed by atoms with E-state index in [4.69, 9.17) is 0 Å². The number of ketones is 1. The first-order valence-electron chi connectivity index (χ1n) is 6.62. The lowest BCUT2D eigenvalue weighted by molar-refractivity contribution is -0.117. The quantitative estimate of drug-likeness (QED) is 0.880. The van der Waals surface area contributed by atoms with Gasteiger partial charge in [0.25, 0.3) is 0 Å². The normalized spacial score (nSPS) is 11.9. The molecule has 0 saturated heterocycles. The second-order valence-corrected chi connectivity index (χ2v) is 5.02. The summed E-state index contributed by atoms with van der Waals surface area (Å²) in [6.07, 6.45) is 0.375. The number of halogens is 1. The first-order chi connectivity index (χ1) is 9.54. The Morgan fingerprint density at radius 2 is 1.90 bits per heavy atom. The number of carbonyl (C=O) groups excluding carboxylic acids is 1. The van der Waals surface area contributed by atoms with Gasteiger partial charge in [-0.05, 0) is 37.6 Å². The van der Waals surface area contributed by atoms with Gasteiger partial charge in [0.1, 0.15) is 11.6 Å². The van der Waals surface area contributed by atoms with Crippen LogP contribution in [0, 0.1) is 12.7 Å². The van der Waals surface area contributed by atoms with Crippen LogP contribution in [0.4, 0.5) is 10.1 Å². The van der Waals surface area contributed by atoms with E-state index in [1.54, 1.807) is 19.1 Å². The molecule has 0 amide bonds.